The SMILES string of the molecule is CCC(=O)OC(CC)OC(=O)NCC1CCCCC1.O=C(O)O. The smallest absolute Gasteiger partial charge is 0.450 e. The first-order chi connectivity index (χ1) is 10.9. The van der Waals surface area contributed by atoms with Crippen molar-refractivity contribution in [3.05, 3.63) is 0 Å². The zero-order chi connectivity index (χ0) is 17.7. The van der Waals surface area contributed by atoms with E-state index in [0.717, 1.165) is 0 Å². The predicted octanol–water partition coefficient (Wildman–Crippen LogP) is 3.20. The molecule has 1 fully saturated rings. The summed E-state index contributed by atoms with van der Waals surface area (Å²) >= 11 is 0. The standard InChI is InChI=1S/C14H25NO4.CH2O3/c1-3-12(16)18-13(4-2)19-14(17)15-10-11-8-6-5-7-9-11;2-1(3)4/h11,13H,3-10H2,1-2H3,(H,15,17);(H2,2,3,4). The second kappa shape index (κ2) is 12.5. The Labute approximate surface area is 136 Å². The molecule has 0 saturated heterocycles. The van der Waals surface area contributed by atoms with Gasteiger partial charge in [0, 0.05) is 19.4 Å². The molecule has 0 heterocycles. The normalized spacial score (nSPS) is 15.6. The number of hydrogen-bond donors (Lipinski definition) is 3. The number of hydrogen-bond acceptors (Lipinski definition) is 5. The number of rotatable bonds is 6. The largest absolute Gasteiger partial charge is 0.503 e. The molecular formula is C15H27NO7. The van der Waals surface area contributed by atoms with E-state index in [4.69, 9.17) is 24.5 Å². The molecule has 0 radical (unpaired) electrons. The van der Waals surface area contributed by atoms with E-state index >= 15 is 0 Å². The molecule has 1 atom stereocenters. The van der Waals surface area contributed by atoms with E-state index in [1.807, 2.05) is 6.92 Å². The van der Waals surface area contributed by atoms with Crippen molar-refractivity contribution < 1.29 is 34.1 Å². The Bertz CT molecular complexity index is 363. The summed E-state index contributed by atoms with van der Waals surface area (Å²) in [5.41, 5.74) is 0. The summed E-state index contributed by atoms with van der Waals surface area (Å²) in [6, 6.07) is 0. The number of carbonyl (C=O) groups is 3. The van der Waals surface area contributed by atoms with Gasteiger partial charge in [0.25, 0.3) is 0 Å². The average Bonchev–Trinajstić information content (AvgIpc) is 2.52. The lowest BCUT2D eigenvalue weighted by Gasteiger charge is -2.22. The molecule has 23 heavy (non-hydrogen) atoms. The van der Waals surface area contributed by atoms with Crippen molar-refractivity contribution in [2.75, 3.05) is 6.54 Å². The van der Waals surface area contributed by atoms with Crippen LogP contribution in [0, 0.1) is 5.92 Å². The molecule has 0 aromatic carbocycles. The molecule has 1 saturated carbocycles. The lowest BCUT2D eigenvalue weighted by atomic mass is 9.89. The maximum Gasteiger partial charge on any atom is 0.503 e. The van der Waals surface area contributed by atoms with E-state index in [-0.39, 0.29) is 12.4 Å². The van der Waals surface area contributed by atoms with Gasteiger partial charge in [0.1, 0.15) is 0 Å². The van der Waals surface area contributed by atoms with Gasteiger partial charge in [-0.3, -0.25) is 4.79 Å². The monoisotopic (exact) mass is 333 g/mol. The van der Waals surface area contributed by atoms with E-state index < -0.39 is 18.5 Å². The molecule has 1 aliphatic carbocycles. The van der Waals surface area contributed by atoms with Gasteiger partial charge in [-0.15, -0.1) is 0 Å². The van der Waals surface area contributed by atoms with Gasteiger partial charge >= 0.3 is 18.2 Å². The molecule has 0 spiro atoms. The number of esters is 1. The third kappa shape index (κ3) is 12.3. The van der Waals surface area contributed by atoms with Crippen molar-refractivity contribution in [1.82, 2.24) is 5.32 Å². The van der Waals surface area contributed by atoms with Gasteiger partial charge in [0.05, 0.1) is 0 Å². The molecule has 0 bridgehead atoms. The number of amides is 1. The zero-order valence-electron chi connectivity index (χ0n) is 13.7. The second-order valence-electron chi connectivity index (χ2n) is 5.25. The molecule has 3 N–H and O–H groups in total. The van der Waals surface area contributed by atoms with Gasteiger partial charge in [-0.05, 0) is 18.8 Å². The third-order valence-corrected chi connectivity index (χ3v) is 3.38. The Kier molecular flexibility index (Phi) is 11.5. The summed E-state index contributed by atoms with van der Waals surface area (Å²) in [7, 11) is 0. The van der Waals surface area contributed by atoms with Crippen LogP contribution >= 0.6 is 0 Å². The quantitative estimate of drug-likeness (QED) is 0.504. The molecule has 0 aliphatic heterocycles. The average molecular weight is 333 g/mol. The first-order valence-electron chi connectivity index (χ1n) is 7.94. The number of nitrogens with one attached hydrogen (secondary N) is 1. The van der Waals surface area contributed by atoms with Crippen LogP contribution in [0.5, 0.6) is 0 Å². The minimum absolute atomic E-state index is 0.281. The summed E-state index contributed by atoms with van der Waals surface area (Å²) in [5, 5.41) is 16.7. The van der Waals surface area contributed by atoms with Gasteiger partial charge in [-0.1, -0.05) is 33.1 Å². The van der Waals surface area contributed by atoms with Crippen LogP contribution in [0.1, 0.15) is 58.8 Å². The van der Waals surface area contributed by atoms with Gasteiger partial charge in [-0.2, -0.15) is 0 Å². The molecule has 1 aliphatic rings. The van der Waals surface area contributed by atoms with E-state index in [9.17, 15) is 9.59 Å². The summed E-state index contributed by atoms with van der Waals surface area (Å²) in [6.45, 7) is 4.16. The summed E-state index contributed by atoms with van der Waals surface area (Å²) in [4.78, 5) is 31.3. The highest BCUT2D eigenvalue weighted by Crippen LogP contribution is 2.22. The number of alkyl carbamates (subject to hydrolysis) is 1. The number of carboxylic acid groups (broad SMARTS) is 2. The first-order valence-corrected chi connectivity index (χ1v) is 7.94. The zero-order valence-corrected chi connectivity index (χ0v) is 13.7. The van der Waals surface area contributed by atoms with Crippen LogP contribution < -0.4 is 5.32 Å². The van der Waals surface area contributed by atoms with Crippen molar-refractivity contribution in [2.24, 2.45) is 5.92 Å². The lowest BCUT2D eigenvalue weighted by molar-refractivity contribution is -0.167. The fraction of sp³-hybridized carbons (Fsp3) is 0.800. The third-order valence-electron chi connectivity index (χ3n) is 3.38. The van der Waals surface area contributed by atoms with Crippen LogP contribution in [0.15, 0.2) is 0 Å². The van der Waals surface area contributed by atoms with E-state index in [2.05, 4.69) is 5.32 Å². The van der Waals surface area contributed by atoms with Crippen LogP contribution in [-0.2, 0) is 14.3 Å². The Morgan fingerprint density at radius 2 is 1.65 bits per heavy atom. The molecule has 1 rings (SSSR count). The summed E-state index contributed by atoms with van der Waals surface area (Å²) < 4.78 is 10.1. The second-order valence-corrected chi connectivity index (χ2v) is 5.25. The highest BCUT2D eigenvalue weighted by Gasteiger charge is 2.18. The minimum Gasteiger partial charge on any atom is -0.450 e. The maximum absolute atomic E-state index is 11.6. The molecule has 134 valence electrons. The Balaban J connectivity index is 0.00000108. The van der Waals surface area contributed by atoms with Crippen molar-refractivity contribution in [2.45, 2.75) is 65.1 Å². The van der Waals surface area contributed by atoms with Crippen molar-refractivity contribution in [1.29, 1.82) is 0 Å². The number of ether oxygens (including phenoxy) is 2. The van der Waals surface area contributed by atoms with E-state index in [1.165, 1.54) is 32.1 Å². The van der Waals surface area contributed by atoms with Crippen LogP contribution in [-0.4, -0.2) is 41.3 Å². The lowest BCUT2D eigenvalue weighted by Crippen LogP contribution is -2.34. The van der Waals surface area contributed by atoms with Gasteiger partial charge in [0.15, 0.2) is 0 Å². The Hall–Kier alpha value is -1.99. The Morgan fingerprint density at radius 1 is 1.09 bits per heavy atom. The molecular weight excluding hydrogens is 306 g/mol. The maximum atomic E-state index is 11.6. The van der Waals surface area contributed by atoms with E-state index in [0.29, 0.717) is 18.9 Å². The molecule has 1 amide bonds. The van der Waals surface area contributed by atoms with Crippen LogP contribution in [0.2, 0.25) is 0 Å². The van der Waals surface area contributed by atoms with E-state index in [1.54, 1.807) is 6.92 Å². The number of carbonyl (C=O) groups excluding carboxylic acids is 2. The molecule has 0 aromatic heterocycles. The van der Waals surface area contributed by atoms with Gasteiger partial charge < -0.3 is 25.0 Å². The fourth-order valence-electron chi connectivity index (χ4n) is 2.20. The molecule has 8 nitrogen and oxygen atoms in total. The molecule has 0 aromatic rings. The summed E-state index contributed by atoms with van der Waals surface area (Å²) in [5.74, 6) is 0.200. The highest BCUT2D eigenvalue weighted by atomic mass is 16.7. The summed E-state index contributed by atoms with van der Waals surface area (Å²) in [6.07, 6.45) is 3.75. The fourth-order valence-corrected chi connectivity index (χ4v) is 2.20. The van der Waals surface area contributed by atoms with Crippen molar-refractivity contribution >= 4 is 18.2 Å². The van der Waals surface area contributed by atoms with Gasteiger partial charge in [-0.25, -0.2) is 9.59 Å². The van der Waals surface area contributed by atoms with Crippen LogP contribution in [0.3, 0.4) is 0 Å². The Morgan fingerprint density at radius 3 is 2.13 bits per heavy atom. The molecule has 1 unspecified atom stereocenters. The van der Waals surface area contributed by atoms with Crippen LogP contribution in [0.25, 0.3) is 0 Å². The van der Waals surface area contributed by atoms with Crippen molar-refractivity contribution in [3.63, 3.8) is 0 Å². The van der Waals surface area contributed by atoms with Crippen molar-refractivity contribution in [3.8, 4) is 0 Å². The van der Waals surface area contributed by atoms with Crippen LogP contribution in [0.4, 0.5) is 9.59 Å². The van der Waals surface area contributed by atoms with Gasteiger partial charge in [0.2, 0.25) is 6.29 Å². The molecule has 8 heteroatoms. The topological polar surface area (TPSA) is 122 Å². The first kappa shape index (κ1) is 21.0. The highest BCUT2D eigenvalue weighted by molar-refractivity contribution is 5.70. The minimum atomic E-state index is -1.83. The predicted molar refractivity (Wildman–Crippen MR) is 82.2 cm³/mol.